The number of aromatic nitrogens is 2. The Morgan fingerprint density at radius 1 is 1.12 bits per heavy atom. The van der Waals surface area contributed by atoms with Crippen molar-refractivity contribution in [1.29, 1.82) is 0 Å². The zero-order valence-corrected chi connectivity index (χ0v) is 19.5. The Morgan fingerprint density at radius 2 is 1.88 bits per heavy atom. The second kappa shape index (κ2) is 8.74. The van der Waals surface area contributed by atoms with Crippen LogP contribution in [0.4, 0.5) is 14.9 Å². The summed E-state index contributed by atoms with van der Waals surface area (Å²) in [6, 6.07) is 13.7. The Kier molecular flexibility index (Phi) is 5.75. The van der Waals surface area contributed by atoms with Gasteiger partial charge in [0.1, 0.15) is 23.8 Å². The Bertz CT molecular complexity index is 1220. The Labute approximate surface area is 198 Å². The second-order valence-corrected chi connectivity index (χ2v) is 9.55. The lowest BCUT2D eigenvalue weighted by molar-refractivity contribution is -0.131. The maximum atomic E-state index is 13.3. The van der Waals surface area contributed by atoms with Crippen molar-refractivity contribution in [3.05, 3.63) is 60.2 Å². The predicted octanol–water partition coefficient (Wildman–Crippen LogP) is 4.71. The molecule has 8 heteroatoms. The molecule has 2 fully saturated rings. The molecule has 0 saturated carbocycles. The molecule has 2 aliphatic rings. The topological polar surface area (TPSA) is 67.7 Å². The number of fused-ring (bicyclic) bond motifs is 1. The molecule has 3 heterocycles. The van der Waals surface area contributed by atoms with Gasteiger partial charge in [-0.05, 0) is 49.2 Å². The van der Waals surface area contributed by atoms with E-state index in [0.717, 1.165) is 23.3 Å². The van der Waals surface area contributed by atoms with Gasteiger partial charge < -0.3 is 14.2 Å². The van der Waals surface area contributed by atoms with E-state index in [1.807, 2.05) is 33.7 Å². The van der Waals surface area contributed by atoms with Gasteiger partial charge in [-0.15, -0.1) is 0 Å². The molecule has 1 spiro atoms. The van der Waals surface area contributed by atoms with Gasteiger partial charge >= 0.3 is 6.09 Å². The van der Waals surface area contributed by atoms with Crippen molar-refractivity contribution >= 4 is 28.7 Å². The quantitative estimate of drug-likeness (QED) is 0.561. The summed E-state index contributed by atoms with van der Waals surface area (Å²) in [7, 11) is 0. The number of hydrogen-bond acceptors (Lipinski definition) is 4. The fourth-order valence-corrected chi connectivity index (χ4v) is 5.06. The molecule has 2 aliphatic heterocycles. The average Bonchev–Trinajstić information content (AvgIpc) is 3.26. The van der Waals surface area contributed by atoms with Crippen molar-refractivity contribution in [2.45, 2.75) is 51.2 Å². The average molecular weight is 465 g/mol. The number of ether oxygens (including phenoxy) is 1. The molecule has 0 radical (unpaired) electrons. The number of likely N-dealkylation sites (tertiary alicyclic amines) is 1. The zero-order chi connectivity index (χ0) is 23.9. The molecule has 7 nitrogen and oxygen atoms in total. The minimum Gasteiger partial charge on any atom is -0.441 e. The van der Waals surface area contributed by atoms with Crippen LogP contribution in [0.1, 0.15) is 44.9 Å². The highest BCUT2D eigenvalue weighted by atomic mass is 19.1. The Morgan fingerprint density at radius 3 is 2.65 bits per heavy atom. The van der Waals surface area contributed by atoms with Crippen molar-refractivity contribution in [1.82, 2.24) is 14.5 Å². The van der Waals surface area contributed by atoms with E-state index in [0.29, 0.717) is 38.2 Å². The molecule has 1 atom stereocenters. The molecular formula is C26H29FN4O3. The van der Waals surface area contributed by atoms with Gasteiger partial charge in [-0.1, -0.05) is 26.0 Å². The number of benzene rings is 2. The first-order valence-corrected chi connectivity index (χ1v) is 11.8. The van der Waals surface area contributed by atoms with Gasteiger partial charge in [-0.25, -0.2) is 14.2 Å². The van der Waals surface area contributed by atoms with Crippen LogP contribution in [0.2, 0.25) is 0 Å². The van der Waals surface area contributed by atoms with Gasteiger partial charge in [0.05, 0.1) is 17.6 Å². The standard InChI is InChI=1S/C26H29FN4O3/c1-18(2)24-28-21-6-3-4-7-22(21)30(24)16-23(32)29-14-5-12-26(13-15-29)17-31(25(33)34-26)20-10-8-19(27)9-11-20/h3-4,6-11,18H,5,12-17H2,1-2H3. The summed E-state index contributed by atoms with van der Waals surface area (Å²) in [5, 5.41) is 0. The third kappa shape index (κ3) is 4.13. The maximum Gasteiger partial charge on any atom is 0.415 e. The molecular weight excluding hydrogens is 435 g/mol. The first kappa shape index (κ1) is 22.4. The SMILES string of the molecule is CC(C)c1nc2ccccc2n1CC(=O)N1CCCC2(CC1)CN(c1ccc(F)cc1)C(=O)O2. The van der Waals surface area contributed by atoms with Crippen molar-refractivity contribution in [3.63, 3.8) is 0 Å². The molecule has 0 N–H and O–H groups in total. The number of halogens is 1. The van der Waals surface area contributed by atoms with E-state index in [4.69, 9.17) is 9.72 Å². The van der Waals surface area contributed by atoms with Crippen molar-refractivity contribution in [2.75, 3.05) is 24.5 Å². The molecule has 5 rings (SSSR count). The van der Waals surface area contributed by atoms with Gasteiger partial charge in [-0.3, -0.25) is 9.69 Å². The molecule has 34 heavy (non-hydrogen) atoms. The number of rotatable bonds is 4. The molecule has 3 aromatic rings. The number of imidazole rings is 1. The number of carbonyl (C=O) groups is 2. The van der Waals surface area contributed by atoms with E-state index in [-0.39, 0.29) is 24.2 Å². The van der Waals surface area contributed by atoms with E-state index < -0.39 is 11.7 Å². The lowest BCUT2D eigenvalue weighted by Crippen LogP contribution is -2.38. The van der Waals surface area contributed by atoms with Crippen molar-refractivity contribution in [3.8, 4) is 0 Å². The van der Waals surface area contributed by atoms with Crippen LogP contribution in [0.5, 0.6) is 0 Å². The molecule has 1 unspecified atom stereocenters. The number of hydrogen-bond donors (Lipinski definition) is 0. The van der Waals surface area contributed by atoms with Crippen LogP contribution >= 0.6 is 0 Å². The van der Waals surface area contributed by atoms with Gasteiger partial charge in [0, 0.05) is 31.1 Å². The van der Waals surface area contributed by atoms with E-state index in [9.17, 15) is 14.0 Å². The van der Waals surface area contributed by atoms with Crippen LogP contribution in [0.15, 0.2) is 48.5 Å². The first-order valence-electron chi connectivity index (χ1n) is 11.8. The third-order valence-corrected chi connectivity index (χ3v) is 6.85. The summed E-state index contributed by atoms with van der Waals surface area (Å²) in [6.45, 7) is 5.95. The first-order chi connectivity index (χ1) is 16.3. The Hall–Kier alpha value is -3.42. The molecule has 1 aromatic heterocycles. The van der Waals surface area contributed by atoms with Gasteiger partial charge in [0.2, 0.25) is 5.91 Å². The number of para-hydroxylation sites is 2. The van der Waals surface area contributed by atoms with Gasteiger partial charge in [0.15, 0.2) is 0 Å². The third-order valence-electron chi connectivity index (χ3n) is 6.85. The Balaban J connectivity index is 1.30. The van der Waals surface area contributed by atoms with Crippen LogP contribution in [0.3, 0.4) is 0 Å². The molecule has 0 bridgehead atoms. The van der Waals surface area contributed by atoms with Crippen LogP contribution in [0.25, 0.3) is 11.0 Å². The van der Waals surface area contributed by atoms with Crippen LogP contribution < -0.4 is 4.90 Å². The fraction of sp³-hybridized carbons (Fsp3) is 0.423. The molecule has 2 saturated heterocycles. The van der Waals surface area contributed by atoms with E-state index in [2.05, 4.69) is 13.8 Å². The lowest BCUT2D eigenvalue weighted by atomic mass is 9.95. The van der Waals surface area contributed by atoms with Crippen LogP contribution in [-0.4, -0.2) is 51.7 Å². The summed E-state index contributed by atoms with van der Waals surface area (Å²) in [6.07, 6.45) is 1.59. The van der Waals surface area contributed by atoms with E-state index in [1.54, 1.807) is 17.0 Å². The molecule has 2 aromatic carbocycles. The molecule has 0 aliphatic carbocycles. The van der Waals surface area contributed by atoms with Crippen LogP contribution in [-0.2, 0) is 16.1 Å². The molecule has 2 amide bonds. The summed E-state index contributed by atoms with van der Waals surface area (Å²) < 4.78 is 21.2. The smallest absolute Gasteiger partial charge is 0.415 e. The number of anilines is 1. The van der Waals surface area contributed by atoms with Crippen molar-refractivity contribution in [2.24, 2.45) is 0 Å². The normalized spacial score (nSPS) is 20.9. The monoisotopic (exact) mass is 464 g/mol. The highest BCUT2D eigenvalue weighted by Gasteiger charge is 2.46. The molecule has 178 valence electrons. The van der Waals surface area contributed by atoms with E-state index in [1.165, 1.54) is 12.1 Å². The largest absolute Gasteiger partial charge is 0.441 e. The summed E-state index contributed by atoms with van der Waals surface area (Å²) in [5.74, 6) is 0.797. The highest BCUT2D eigenvalue weighted by Crippen LogP contribution is 2.36. The highest BCUT2D eigenvalue weighted by molar-refractivity contribution is 5.90. The van der Waals surface area contributed by atoms with Gasteiger partial charge in [0.25, 0.3) is 0 Å². The van der Waals surface area contributed by atoms with Crippen molar-refractivity contribution < 1.29 is 18.7 Å². The van der Waals surface area contributed by atoms with Crippen LogP contribution in [0, 0.1) is 5.82 Å². The minimum absolute atomic E-state index is 0.0433. The lowest BCUT2D eigenvalue weighted by Gasteiger charge is -2.26. The predicted molar refractivity (Wildman–Crippen MR) is 127 cm³/mol. The second-order valence-electron chi connectivity index (χ2n) is 9.55. The maximum absolute atomic E-state index is 13.3. The fourth-order valence-electron chi connectivity index (χ4n) is 5.06. The number of nitrogens with zero attached hydrogens (tertiary/aromatic N) is 4. The number of carbonyl (C=O) groups excluding carboxylic acids is 2. The summed E-state index contributed by atoms with van der Waals surface area (Å²) in [4.78, 5) is 34.1. The summed E-state index contributed by atoms with van der Waals surface area (Å²) in [5.41, 5.74) is 1.84. The number of amides is 2. The summed E-state index contributed by atoms with van der Waals surface area (Å²) >= 11 is 0. The van der Waals surface area contributed by atoms with Gasteiger partial charge in [-0.2, -0.15) is 0 Å². The minimum atomic E-state index is -0.634. The van der Waals surface area contributed by atoms with E-state index >= 15 is 0 Å². The zero-order valence-electron chi connectivity index (χ0n) is 19.5.